The van der Waals surface area contributed by atoms with Crippen molar-refractivity contribution in [2.75, 3.05) is 0 Å². The maximum Gasteiger partial charge on any atom is 0.199 e. The second-order valence-electron chi connectivity index (χ2n) is 6.20. The lowest BCUT2D eigenvalue weighted by Gasteiger charge is -2.11. The van der Waals surface area contributed by atoms with Crippen LogP contribution in [0.3, 0.4) is 0 Å². The van der Waals surface area contributed by atoms with Gasteiger partial charge in [0.1, 0.15) is 5.82 Å². The standard InChI is InChI=1S/C19H18ClN3S/c1-2-12-5-3-4-6-17(12)23-18(21-22-19(23)24)16-11-15(16)13-7-9-14(20)10-8-13/h3-10,15-16H,2,11H2,1H3,(H,22,24)/t15-,16-/m0/s1. The van der Waals surface area contributed by atoms with Crippen LogP contribution in [0, 0.1) is 4.77 Å². The number of nitrogens with zero attached hydrogens (tertiary/aromatic N) is 2. The van der Waals surface area contributed by atoms with Crippen molar-refractivity contribution in [2.24, 2.45) is 0 Å². The number of rotatable bonds is 4. The Morgan fingerprint density at radius 2 is 1.92 bits per heavy atom. The van der Waals surface area contributed by atoms with E-state index in [0.29, 0.717) is 16.6 Å². The predicted molar refractivity (Wildman–Crippen MR) is 99.7 cm³/mol. The molecule has 1 aromatic heterocycles. The number of aromatic nitrogens is 3. The van der Waals surface area contributed by atoms with E-state index in [1.54, 1.807) is 0 Å². The van der Waals surface area contributed by atoms with Crippen LogP contribution >= 0.6 is 23.8 Å². The summed E-state index contributed by atoms with van der Waals surface area (Å²) in [6.07, 6.45) is 2.06. The molecule has 3 aromatic rings. The van der Waals surface area contributed by atoms with Crippen molar-refractivity contribution in [1.29, 1.82) is 0 Å². The van der Waals surface area contributed by atoms with Crippen LogP contribution in [0.4, 0.5) is 0 Å². The van der Waals surface area contributed by atoms with Crippen molar-refractivity contribution >= 4 is 23.8 Å². The van der Waals surface area contributed by atoms with Crippen LogP contribution in [0.1, 0.15) is 42.1 Å². The molecular formula is C19H18ClN3S. The fourth-order valence-electron chi connectivity index (χ4n) is 3.38. The first-order valence-corrected chi connectivity index (χ1v) is 8.98. The number of halogens is 1. The Morgan fingerprint density at radius 1 is 1.17 bits per heavy atom. The molecule has 0 aliphatic heterocycles. The number of hydrogen-bond acceptors (Lipinski definition) is 2. The second kappa shape index (κ2) is 6.19. The zero-order chi connectivity index (χ0) is 16.7. The van der Waals surface area contributed by atoms with Crippen LogP contribution in [0.25, 0.3) is 5.69 Å². The van der Waals surface area contributed by atoms with Crippen molar-refractivity contribution in [1.82, 2.24) is 14.8 Å². The van der Waals surface area contributed by atoms with E-state index < -0.39 is 0 Å². The van der Waals surface area contributed by atoms with Gasteiger partial charge in [0.25, 0.3) is 0 Å². The van der Waals surface area contributed by atoms with Crippen LogP contribution in [0.2, 0.25) is 5.02 Å². The maximum atomic E-state index is 6.00. The quantitative estimate of drug-likeness (QED) is 0.634. The number of aryl methyl sites for hydroxylation is 1. The molecule has 3 nitrogen and oxygen atoms in total. The van der Waals surface area contributed by atoms with Gasteiger partial charge in [-0.2, -0.15) is 5.10 Å². The van der Waals surface area contributed by atoms with Gasteiger partial charge in [-0.25, -0.2) is 0 Å². The highest BCUT2D eigenvalue weighted by atomic mass is 35.5. The largest absolute Gasteiger partial charge is 0.272 e. The third kappa shape index (κ3) is 2.70. The molecule has 0 bridgehead atoms. The van der Waals surface area contributed by atoms with E-state index in [1.165, 1.54) is 11.1 Å². The molecule has 1 aliphatic rings. The Labute approximate surface area is 151 Å². The van der Waals surface area contributed by atoms with Crippen LogP contribution in [-0.2, 0) is 6.42 Å². The van der Waals surface area contributed by atoms with Crippen LogP contribution in [-0.4, -0.2) is 14.8 Å². The summed E-state index contributed by atoms with van der Waals surface area (Å²) in [4.78, 5) is 0. The lowest BCUT2D eigenvalue weighted by atomic mass is 10.1. The summed E-state index contributed by atoms with van der Waals surface area (Å²) >= 11 is 11.5. The fraction of sp³-hybridized carbons (Fsp3) is 0.263. The van der Waals surface area contributed by atoms with Crippen molar-refractivity contribution in [3.63, 3.8) is 0 Å². The molecule has 1 heterocycles. The number of H-pyrrole nitrogens is 1. The molecule has 122 valence electrons. The Kier molecular flexibility index (Phi) is 4.02. The van der Waals surface area contributed by atoms with Gasteiger partial charge in [-0.15, -0.1) is 0 Å². The summed E-state index contributed by atoms with van der Waals surface area (Å²) in [7, 11) is 0. The van der Waals surface area contributed by atoms with Crippen LogP contribution in [0.5, 0.6) is 0 Å². The van der Waals surface area contributed by atoms with Crippen LogP contribution < -0.4 is 0 Å². The summed E-state index contributed by atoms with van der Waals surface area (Å²) in [5.74, 6) is 1.91. The molecule has 1 saturated carbocycles. The van der Waals surface area contributed by atoms with Gasteiger partial charge in [0, 0.05) is 10.9 Å². The average molecular weight is 356 g/mol. The van der Waals surface area contributed by atoms with E-state index in [-0.39, 0.29) is 0 Å². The van der Waals surface area contributed by atoms with Gasteiger partial charge in [0.2, 0.25) is 0 Å². The molecule has 24 heavy (non-hydrogen) atoms. The van der Waals surface area contributed by atoms with Gasteiger partial charge in [-0.3, -0.25) is 9.67 Å². The average Bonchev–Trinajstić information content (AvgIpc) is 3.31. The fourth-order valence-corrected chi connectivity index (χ4v) is 3.74. The van der Waals surface area contributed by atoms with Gasteiger partial charge >= 0.3 is 0 Å². The van der Waals surface area contributed by atoms with Gasteiger partial charge < -0.3 is 0 Å². The zero-order valence-electron chi connectivity index (χ0n) is 13.4. The van der Waals surface area contributed by atoms with Gasteiger partial charge in [-0.05, 0) is 60.3 Å². The van der Waals surface area contributed by atoms with E-state index >= 15 is 0 Å². The molecule has 2 atom stereocenters. The molecule has 2 aromatic carbocycles. The highest BCUT2D eigenvalue weighted by Crippen LogP contribution is 2.54. The van der Waals surface area contributed by atoms with Crippen molar-refractivity contribution in [3.8, 4) is 5.69 Å². The molecule has 0 amide bonds. The van der Waals surface area contributed by atoms with Gasteiger partial charge in [0.15, 0.2) is 4.77 Å². The number of nitrogens with one attached hydrogen (secondary N) is 1. The molecule has 1 fully saturated rings. The molecule has 1 N–H and O–H groups in total. The molecule has 5 heteroatoms. The molecule has 0 saturated heterocycles. The first kappa shape index (κ1) is 15.6. The van der Waals surface area contributed by atoms with Gasteiger partial charge in [0.05, 0.1) is 5.69 Å². The maximum absolute atomic E-state index is 6.00. The summed E-state index contributed by atoms with van der Waals surface area (Å²) in [5.41, 5.74) is 3.73. The second-order valence-corrected chi connectivity index (χ2v) is 7.03. The van der Waals surface area contributed by atoms with E-state index in [0.717, 1.165) is 29.4 Å². The third-order valence-electron chi connectivity index (χ3n) is 4.73. The molecule has 0 radical (unpaired) electrons. The minimum absolute atomic E-state index is 0.393. The van der Waals surface area contributed by atoms with E-state index in [2.05, 4.69) is 58.1 Å². The summed E-state index contributed by atoms with van der Waals surface area (Å²) in [5, 5.41) is 8.30. The Balaban J connectivity index is 1.72. The minimum Gasteiger partial charge on any atom is -0.272 e. The molecular weight excluding hydrogens is 338 g/mol. The van der Waals surface area contributed by atoms with Crippen LogP contribution in [0.15, 0.2) is 48.5 Å². The topological polar surface area (TPSA) is 33.6 Å². The third-order valence-corrected chi connectivity index (χ3v) is 5.26. The van der Waals surface area contributed by atoms with Crippen molar-refractivity contribution in [2.45, 2.75) is 31.6 Å². The first-order chi connectivity index (χ1) is 11.7. The zero-order valence-corrected chi connectivity index (χ0v) is 14.9. The van der Waals surface area contributed by atoms with Gasteiger partial charge in [-0.1, -0.05) is 48.9 Å². The predicted octanol–water partition coefficient (Wildman–Crippen LogP) is 5.42. The number of aromatic amines is 1. The minimum atomic E-state index is 0.393. The molecule has 0 spiro atoms. The van der Waals surface area contributed by atoms with E-state index in [1.807, 2.05) is 12.1 Å². The highest BCUT2D eigenvalue weighted by molar-refractivity contribution is 7.71. The first-order valence-electron chi connectivity index (χ1n) is 8.20. The summed E-state index contributed by atoms with van der Waals surface area (Å²) < 4.78 is 2.77. The number of hydrogen-bond donors (Lipinski definition) is 1. The Hall–Kier alpha value is -1.91. The monoisotopic (exact) mass is 355 g/mol. The Morgan fingerprint density at radius 3 is 2.67 bits per heavy atom. The summed E-state index contributed by atoms with van der Waals surface area (Å²) in [6, 6.07) is 16.5. The SMILES string of the molecule is CCc1ccccc1-n1c([C@H]2C[C@H]2c2ccc(Cl)cc2)n[nH]c1=S. The smallest absolute Gasteiger partial charge is 0.199 e. The van der Waals surface area contributed by atoms with Crippen molar-refractivity contribution in [3.05, 3.63) is 75.3 Å². The molecule has 4 rings (SSSR count). The lowest BCUT2D eigenvalue weighted by molar-refractivity contribution is 0.838. The number of benzene rings is 2. The summed E-state index contributed by atoms with van der Waals surface area (Å²) in [6.45, 7) is 2.16. The Bertz CT molecular complexity index is 926. The molecule has 1 aliphatic carbocycles. The highest BCUT2D eigenvalue weighted by Gasteiger charge is 2.43. The van der Waals surface area contributed by atoms with Crippen molar-refractivity contribution < 1.29 is 0 Å². The lowest BCUT2D eigenvalue weighted by Crippen LogP contribution is -2.04. The number of para-hydroxylation sites is 1. The van der Waals surface area contributed by atoms with E-state index in [4.69, 9.17) is 23.8 Å². The molecule has 0 unspecified atom stereocenters. The normalized spacial score (nSPS) is 19.4. The van der Waals surface area contributed by atoms with E-state index in [9.17, 15) is 0 Å².